The molecular formula is C18H15Br2NO. The number of fused-ring (bicyclic) bond motifs is 1. The maximum absolute atomic E-state index is 12.4. The highest BCUT2D eigenvalue weighted by Crippen LogP contribution is 2.16. The number of carbonyl (C=O) groups excluding carboxylic acids is 1. The highest BCUT2D eigenvalue weighted by molar-refractivity contribution is 9.10. The molecule has 0 aliphatic carbocycles. The predicted molar refractivity (Wildman–Crippen MR) is 87.4 cm³/mol. The lowest BCUT2D eigenvalue weighted by molar-refractivity contribution is -0.657. The van der Waals surface area contributed by atoms with Crippen LogP contribution in [0.2, 0.25) is 0 Å². The molecule has 1 heterocycles. The van der Waals surface area contributed by atoms with Crippen LogP contribution in [0.15, 0.2) is 65.3 Å². The van der Waals surface area contributed by atoms with E-state index in [1.807, 2.05) is 66.2 Å². The summed E-state index contributed by atoms with van der Waals surface area (Å²) >= 11 is 3.51. The summed E-state index contributed by atoms with van der Waals surface area (Å²) < 4.78 is 2.96. The van der Waals surface area contributed by atoms with Crippen molar-refractivity contribution < 1.29 is 26.3 Å². The quantitative estimate of drug-likeness (QED) is 0.459. The molecule has 0 unspecified atom stereocenters. The van der Waals surface area contributed by atoms with E-state index < -0.39 is 0 Å². The van der Waals surface area contributed by atoms with E-state index in [-0.39, 0.29) is 22.8 Å². The van der Waals surface area contributed by atoms with Crippen molar-refractivity contribution in [3.8, 4) is 0 Å². The smallest absolute Gasteiger partial charge is 0.227 e. The highest BCUT2D eigenvalue weighted by Gasteiger charge is 2.16. The molecular weight excluding hydrogens is 406 g/mol. The normalized spacial score (nSPS) is 10.3. The van der Waals surface area contributed by atoms with Crippen LogP contribution >= 0.6 is 15.9 Å². The number of hydrogen-bond donors (Lipinski definition) is 0. The first-order valence-electron chi connectivity index (χ1n) is 6.81. The second-order valence-corrected chi connectivity index (χ2v) is 6.05. The lowest BCUT2D eigenvalue weighted by Gasteiger charge is -2.03. The first kappa shape index (κ1) is 16.8. The summed E-state index contributed by atoms with van der Waals surface area (Å²) in [7, 11) is 0. The number of halogens is 2. The Morgan fingerprint density at radius 2 is 1.77 bits per heavy atom. The van der Waals surface area contributed by atoms with Gasteiger partial charge in [0.25, 0.3) is 0 Å². The van der Waals surface area contributed by atoms with E-state index in [9.17, 15) is 4.79 Å². The Morgan fingerprint density at radius 1 is 1.09 bits per heavy atom. The zero-order chi connectivity index (χ0) is 14.8. The fourth-order valence-corrected chi connectivity index (χ4v) is 2.89. The molecule has 0 fully saturated rings. The van der Waals surface area contributed by atoms with Gasteiger partial charge in [0, 0.05) is 17.0 Å². The van der Waals surface area contributed by atoms with E-state index in [0.717, 1.165) is 26.5 Å². The summed E-state index contributed by atoms with van der Waals surface area (Å²) in [5.41, 5.74) is 2.96. The molecule has 0 amide bonds. The molecule has 0 aliphatic heterocycles. The van der Waals surface area contributed by atoms with Crippen molar-refractivity contribution in [2.75, 3.05) is 0 Å². The zero-order valence-corrected chi connectivity index (χ0v) is 15.3. The number of rotatable bonds is 3. The van der Waals surface area contributed by atoms with E-state index in [2.05, 4.69) is 22.0 Å². The molecule has 4 heteroatoms. The van der Waals surface area contributed by atoms with Gasteiger partial charge in [-0.05, 0) is 35.0 Å². The maximum Gasteiger partial charge on any atom is 0.227 e. The van der Waals surface area contributed by atoms with E-state index in [4.69, 9.17) is 0 Å². The molecule has 3 rings (SSSR count). The first-order valence-corrected chi connectivity index (χ1v) is 7.60. The molecule has 0 radical (unpaired) electrons. The molecule has 22 heavy (non-hydrogen) atoms. The minimum absolute atomic E-state index is 0. The number of benzene rings is 2. The molecule has 0 saturated carbocycles. The summed E-state index contributed by atoms with van der Waals surface area (Å²) in [6.07, 6.45) is 1.95. The molecule has 0 spiro atoms. The fourth-order valence-electron chi connectivity index (χ4n) is 2.39. The number of ketones is 1. The van der Waals surface area contributed by atoms with Gasteiger partial charge in [-0.2, -0.15) is 4.57 Å². The molecule has 2 aromatic carbocycles. The molecule has 2 nitrogen and oxygen atoms in total. The third-order valence-corrected chi connectivity index (χ3v) is 3.94. The molecule has 0 N–H and O–H groups in total. The Balaban J connectivity index is 0.00000176. The van der Waals surface area contributed by atoms with Crippen molar-refractivity contribution in [3.63, 3.8) is 0 Å². The summed E-state index contributed by atoms with van der Waals surface area (Å²) in [4.78, 5) is 12.4. The lowest BCUT2D eigenvalue weighted by Crippen LogP contribution is -3.00. The number of para-hydroxylation sites is 1. The van der Waals surface area contributed by atoms with Crippen molar-refractivity contribution in [1.82, 2.24) is 0 Å². The van der Waals surface area contributed by atoms with Crippen LogP contribution in [-0.2, 0) is 6.54 Å². The van der Waals surface area contributed by atoms with Gasteiger partial charge in [-0.25, -0.2) is 0 Å². The van der Waals surface area contributed by atoms with E-state index in [1.54, 1.807) is 0 Å². The largest absolute Gasteiger partial charge is 1.00 e. The molecule has 112 valence electrons. The number of carbonyl (C=O) groups is 1. The predicted octanol–water partition coefficient (Wildman–Crippen LogP) is 1.09. The van der Waals surface area contributed by atoms with Crippen molar-refractivity contribution in [3.05, 3.63) is 76.4 Å². The van der Waals surface area contributed by atoms with Crippen molar-refractivity contribution in [2.24, 2.45) is 0 Å². The van der Waals surface area contributed by atoms with Gasteiger partial charge in [0.1, 0.15) is 0 Å². The lowest BCUT2D eigenvalue weighted by atomic mass is 10.1. The van der Waals surface area contributed by atoms with Gasteiger partial charge >= 0.3 is 0 Å². The Hall–Kier alpha value is -1.52. The van der Waals surface area contributed by atoms with Gasteiger partial charge in [0.2, 0.25) is 17.8 Å². The Morgan fingerprint density at radius 3 is 2.50 bits per heavy atom. The Labute approximate surface area is 148 Å². The van der Waals surface area contributed by atoms with E-state index >= 15 is 0 Å². The molecule has 3 aromatic rings. The van der Waals surface area contributed by atoms with Crippen LogP contribution in [0.25, 0.3) is 10.9 Å². The number of aryl methyl sites for hydroxylation is 1. The number of Topliss-reactive ketones (excluding diaryl/α,β-unsaturated/α-hetero) is 1. The third-order valence-electron chi connectivity index (χ3n) is 3.51. The average Bonchev–Trinajstić information content (AvgIpc) is 2.47. The van der Waals surface area contributed by atoms with Gasteiger partial charge in [-0.1, -0.05) is 42.0 Å². The average molecular weight is 421 g/mol. The van der Waals surface area contributed by atoms with E-state index in [1.165, 1.54) is 0 Å². The topological polar surface area (TPSA) is 20.9 Å². The minimum atomic E-state index is 0. The Kier molecular flexibility index (Phi) is 5.48. The number of hydrogen-bond acceptors (Lipinski definition) is 1. The van der Waals surface area contributed by atoms with Gasteiger partial charge < -0.3 is 17.0 Å². The number of aromatic nitrogens is 1. The monoisotopic (exact) mass is 419 g/mol. The van der Waals surface area contributed by atoms with E-state index in [0.29, 0.717) is 6.54 Å². The van der Waals surface area contributed by atoms with Crippen LogP contribution < -0.4 is 21.5 Å². The van der Waals surface area contributed by atoms with Crippen molar-refractivity contribution >= 4 is 32.6 Å². The van der Waals surface area contributed by atoms with Crippen LogP contribution in [0.5, 0.6) is 0 Å². The standard InChI is InChI=1S/C18H15BrNO.BrH/c1-13-6-8-14(9-7-13)18(21)12-20-11-16(19)10-15-4-2-3-5-17(15)20;/h2-11H,12H2,1H3;1H/q+1;/p-1. The SMILES string of the molecule is Cc1ccc(C(=O)C[n+]2cc(Br)cc3ccccc32)cc1.[Br-]. The van der Waals surface area contributed by atoms with Crippen LogP contribution in [0.4, 0.5) is 0 Å². The zero-order valence-electron chi connectivity index (χ0n) is 12.1. The first-order chi connectivity index (χ1) is 10.1. The maximum atomic E-state index is 12.4. The molecule has 0 bridgehead atoms. The summed E-state index contributed by atoms with van der Waals surface area (Å²) in [5, 5.41) is 1.11. The van der Waals surface area contributed by atoms with Crippen LogP contribution in [-0.4, -0.2) is 5.78 Å². The molecule has 0 atom stereocenters. The molecule has 1 aromatic heterocycles. The van der Waals surface area contributed by atoms with Crippen LogP contribution in [0.1, 0.15) is 15.9 Å². The number of nitrogens with zero attached hydrogens (tertiary/aromatic N) is 1. The van der Waals surface area contributed by atoms with Gasteiger partial charge in [-0.15, -0.1) is 0 Å². The van der Waals surface area contributed by atoms with Crippen LogP contribution in [0.3, 0.4) is 0 Å². The second-order valence-electron chi connectivity index (χ2n) is 5.13. The summed E-state index contributed by atoms with van der Waals surface area (Å²) in [5.74, 6) is 0.114. The van der Waals surface area contributed by atoms with Gasteiger partial charge in [-0.3, -0.25) is 4.79 Å². The van der Waals surface area contributed by atoms with Crippen molar-refractivity contribution in [1.29, 1.82) is 0 Å². The van der Waals surface area contributed by atoms with Gasteiger partial charge in [0.05, 0.1) is 4.47 Å². The van der Waals surface area contributed by atoms with Crippen LogP contribution in [0, 0.1) is 6.92 Å². The van der Waals surface area contributed by atoms with Crippen molar-refractivity contribution in [2.45, 2.75) is 13.5 Å². The summed E-state index contributed by atoms with van der Waals surface area (Å²) in [6.45, 7) is 2.35. The second kappa shape index (κ2) is 7.16. The van der Waals surface area contributed by atoms with Gasteiger partial charge in [0.15, 0.2) is 6.20 Å². The highest BCUT2D eigenvalue weighted by atomic mass is 79.9. The molecule has 0 saturated heterocycles. The summed E-state index contributed by atoms with van der Waals surface area (Å²) in [6, 6.07) is 17.8. The third kappa shape index (κ3) is 3.62. The fraction of sp³-hybridized carbons (Fsp3) is 0.111. The molecule has 0 aliphatic rings. The Bertz CT molecular complexity index is 813. The minimum Gasteiger partial charge on any atom is -1.00 e. The number of pyridine rings is 1.